The fraction of sp³-hybridized carbons (Fsp3) is 0.167. The Balaban J connectivity index is 1.78. The molecule has 1 amide bonds. The second-order valence-electron chi connectivity index (χ2n) is 5.59. The lowest BCUT2D eigenvalue weighted by Gasteiger charge is -2.22. The van der Waals surface area contributed by atoms with Gasteiger partial charge in [0, 0.05) is 30.3 Å². The highest BCUT2D eigenvalue weighted by atomic mass is 32.1. The van der Waals surface area contributed by atoms with E-state index in [1.54, 1.807) is 13.3 Å². The van der Waals surface area contributed by atoms with Crippen LogP contribution >= 0.6 is 11.5 Å². The van der Waals surface area contributed by atoms with Crippen LogP contribution in [0.5, 0.6) is 5.75 Å². The minimum Gasteiger partial charge on any atom is -0.497 e. The molecule has 1 atom stereocenters. The highest BCUT2D eigenvalue weighted by Gasteiger charge is 2.31. The van der Waals surface area contributed by atoms with Crippen molar-refractivity contribution < 1.29 is 9.53 Å². The summed E-state index contributed by atoms with van der Waals surface area (Å²) in [7, 11) is 1.64. The third-order valence-corrected chi connectivity index (χ3v) is 5.10. The van der Waals surface area contributed by atoms with Crippen LogP contribution in [0.4, 0.5) is 5.69 Å². The summed E-state index contributed by atoms with van der Waals surface area (Å²) < 4.78 is 9.80. The van der Waals surface area contributed by atoms with E-state index in [1.807, 2.05) is 42.6 Å². The Morgan fingerprint density at radius 1 is 1.25 bits per heavy atom. The SMILES string of the molecule is COc1ccc(-c2nsc3c2NC(=O)CC3c2cccnc2)cc1. The van der Waals surface area contributed by atoms with Crippen molar-refractivity contribution in [3.05, 3.63) is 59.2 Å². The van der Waals surface area contributed by atoms with Crippen LogP contribution in [-0.2, 0) is 4.79 Å². The lowest BCUT2D eigenvalue weighted by molar-refractivity contribution is -0.116. The molecule has 3 aromatic rings. The van der Waals surface area contributed by atoms with Crippen molar-refractivity contribution >= 4 is 23.1 Å². The number of aromatic nitrogens is 2. The maximum absolute atomic E-state index is 12.2. The zero-order valence-electron chi connectivity index (χ0n) is 13.0. The average Bonchev–Trinajstić information content (AvgIpc) is 3.05. The van der Waals surface area contributed by atoms with Crippen LogP contribution in [0.15, 0.2) is 48.8 Å². The van der Waals surface area contributed by atoms with Gasteiger partial charge < -0.3 is 10.1 Å². The number of hydrogen-bond donors (Lipinski definition) is 1. The van der Waals surface area contributed by atoms with Crippen molar-refractivity contribution in [1.29, 1.82) is 0 Å². The molecule has 5 nitrogen and oxygen atoms in total. The normalized spacial score (nSPS) is 16.4. The summed E-state index contributed by atoms with van der Waals surface area (Å²) >= 11 is 1.44. The molecule has 4 rings (SSSR count). The van der Waals surface area contributed by atoms with Crippen LogP contribution in [0.3, 0.4) is 0 Å². The molecule has 1 unspecified atom stereocenters. The molecule has 0 aliphatic carbocycles. The van der Waals surface area contributed by atoms with E-state index in [1.165, 1.54) is 11.5 Å². The van der Waals surface area contributed by atoms with E-state index in [2.05, 4.69) is 14.7 Å². The molecule has 1 aromatic carbocycles. The predicted molar refractivity (Wildman–Crippen MR) is 93.4 cm³/mol. The molecule has 6 heteroatoms. The van der Waals surface area contributed by atoms with Crippen LogP contribution in [0, 0.1) is 0 Å². The minimum absolute atomic E-state index is 0.00585. The number of hydrogen-bond acceptors (Lipinski definition) is 5. The molecule has 0 saturated heterocycles. The maximum atomic E-state index is 12.2. The van der Waals surface area contributed by atoms with Gasteiger partial charge >= 0.3 is 0 Å². The summed E-state index contributed by atoms with van der Waals surface area (Å²) in [6.07, 6.45) is 3.98. The van der Waals surface area contributed by atoms with Crippen molar-refractivity contribution in [2.75, 3.05) is 12.4 Å². The predicted octanol–water partition coefficient (Wildman–Crippen LogP) is 3.69. The largest absolute Gasteiger partial charge is 0.497 e. The Bertz CT molecular complexity index is 875. The molecule has 1 aliphatic rings. The summed E-state index contributed by atoms with van der Waals surface area (Å²) in [5.74, 6) is 0.804. The van der Waals surface area contributed by atoms with Crippen molar-refractivity contribution in [3.8, 4) is 17.0 Å². The van der Waals surface area contributed by atoms with E-state index in [4.69, 9.17) is 4.74 Å². The molecule has 3 heterocycles. The third kappa shape index (κ3) is 2.55. The molecule has 0 spiro atoms. The Hall–Kier alpha value is -2.73. The first kappa shape index (κ1) is 14.8. The second-order valence-corrected chi connectivity index (χ2v) is 6.40. The quantitative estimate of drug-likeness (QED) is 0.792. The summed E-state index contributed by atoms with van der Waals surface area (Å²) in [5.41, 5.74) is 3.62. The maximum Gasteiger partial charge on any atom is 0.225 e. The number of ether oxygens (including phenoxy) is 1. The van der Waals surface area contributed by atoms with E-state index in [-0.39, 0.29) is 11.8 Å². The zero-order chi connectivity index (χ0) is 16.5. The number of nitrogens with one attached hydrogen (secondary N) is 1. The highest BCUT2D eigenvalue weighted by Crippen LogP contribution is 2.44. The Morgan fingerprint density at radius 2 is 2.08 bits per heavy atom. The number of benzene rings is 1. The Kier molecular flexibility index (Phi) is 3.74. The molecule has 1 aliphatic heterocycles. The molecule has 0 radical (unpaired) electrons. The summed E-state index contributed by atoms with van der Waals surface area (Å²) in [4.78, 5) is 17.5. The van der Waals surface area contributed by atoms with Crippen LogP contribution < -0.4 is 10.1 Å². The number of anilines is 1. The Morgan fingerprint density at radius 3 is 2.79 bits per heavy atom. The van der Waals surface area contributed by atoms with Crippen molar-refractivity contribution in [3.63, 3.8) is 0 Å². The number of nitrogens with zero attached hydrogens (tertiary/aromatic N) is 2. The van der Waals surface area contributed by atoms with Gasteiger partial charge in [0.1, 0.15) is 11.4 Å². The molecule has 120 valence electrons. The fourth-order valence-electron chi connectivity index (χ4n) is 2.93. The fourth-order valence-corrected chi connectivity index (χ4v) is 3.90. The van der Waals surface area contributed by atoms with Crippen molar-refractivity contribution in [1.82, 2.24) is 9.36 Å². The van der Waals surface area contributed by atoms with Gasteiger partial charge in [-0.1, -0.05) is 6.07 Å². The number of carbonyl (C=O) groups is 1. The smallest absolute Gasteiger partial charge is 0.225 e. The van der Waals surface area contributed by atoms with Gasteiger partial charge in [0.2, 0.25) is 5.91 Å². The van der Waals surface area contributed by atoms with Gasteiger partial charge in [0.15, 0.2) is 0 Å². The molecule has 24 heavy (non-hydrogen) atoms. The standard InChI is InChI=1S/C18H15N3O2S/c1-23-13-6-4-11(5-7-13)16-17-18(24-21-16)14(9-15(22)20-17)12-3-2-8-19-10-12/h2-8,10,14H,9H2,1H3,(H,20,22). The van der Waals surface area contributed by atoms with Gasteiger partial charge in [-0.2, -0.15) is 4.37 Å². The number of rotatable bonds is 3. The molecule has 2 aromatic heterocycles. The Labute approximate surface area is 143 Å². The van der Waals surface area contributed by atoms with Gasteiger partial charge in [-0.25, -0.2) is 0 Å². The van der Waals surface area contributed by atoms with E-state index in [0.29, 0.717) is 6.42 Å². The summed E-state index contributed by atoms with van der Waals surface area (Å²) in [5, 5.41) is 2.99. The molecular formula is C18H15N3O2S. The summed E-state index contributed by atoms with van der Waals surface area (Å²) in [6, 6.07) is 11.6. The topological polar surface area (TPSA) is 64.1 Å². The first-order chi connectivity index (χ1) is 11.8. The van der Waals surface area contributed by atoms with Gasteiger partial charge in [0.25, 0.3) is 0 Å². The molecule has 1 N–H and O–H groups in total. The highest BCUT2D eigenvalue weighted by molar-refractivity contribution is 7.07. The third-order valence-electron chi connectivity index (χ3n) is 4.14. The number of methoxy groups -OCH3 is 1. The lowest BCUT2D eigenvalue weighted by atomic mass is 9.90. The lowest BCUT2D eigenvalue weighted by Crippen LogP contribution is -2.22. The number of pyridine rings is 1. The molecular weight excluding hydrogens is 322 g/mol. The zero-order valence-corrected chi connectivity index (χ0v) is 13.8. The number of fused-ring (bicyclic) bond motifs is 1. The monoisotopic (exact) mass is 337 g/mol. The van der Waals surface area contributed by atoms with E-state index < -0.39 is 0 Å². The van der Waals surface area contributed by atoms with E-state index >= 15 is 0 Å². The van der Waals surface area contributed by atoms with Crippen molar-refractivity contribution in [2.45, 2.75) is 12.3 Å². The van der Waals surface area contributed by atoms with Crippen LogP contribution in [-0.4, -0.2) is 22.4 Å². The molecule has 0 fully saturated rings. The van der Waals surface area contributed by atoms with Crippen LogP contribution in [0.25, 0.3) is 11.3 Å². The van der Waals surface area contributed by atoms with Gasteiger partial charge in [0.05, 0.1) is 17.7 Å². The number of carbonyl (C=O) groups excluding carboxylic acids is 1. The van der Waals surface area contributed by atoms with E-state index in [0.717, 1.165) is 33.1 Å². The van der Waals surface area contributed by atoms with Crippen molar-refractivity contribution in [2.24, 2.45) is 0 Å². The average molecular weight is 337 g/mol. The summed E-state index contributed by atoms with van der Waals surface area (Å²) in [6.45, 7) is 0. The second kappa shape index (κ2) is 6.05. The van der Waals surface area contributed by atoms with Crippen LogP contribution in [0.2, 0.25) is 0 Å². The van der Waals surface area contributed by atoms with Crippen LogP contribution in [0.1, 0.15) is 22.8 Å². The van der Waals surface area contributed by atoms with Gasteiger partial charge in [-0.3, -0.25) is 9.78 Å². The van der Waals surface area contributed by atoms with Gasteiger partial charge in [-0.15, -0.1) is 0 Å². The number of amides is 1. The van der Waals surface area contributed by atoms with Gasteiger partial charge in [-0.05, 0) is 47.4 Å². The first-order valence-electron chi connectivity index (χ1n) is 7.60. The van der Waals surface area contributed by atoms with E-state index in [9.17, 15) is 4.79 Å². The first-order valence-corrected chi connectivity index (χ1v) is 8.37. The molecule has 0 bridgehead atoms. The minimum atomic E-state index is 0.00585. The molecule has 0 saturated carbocycles.